The van der Waals surface area contributed by atoms with Crippen molar-refractivity contribution in [3.63, 3.8) is 0 Å². The molecule has 1 fully saturated rings. The Morgan fingerprint density at radius 1 is 1.33 bits per heavy atom. The maximum atomic E-state index is 12.3. The van der Waals surface area contributed by atoms with E-state index in [1.165, 1.54) is 27.0 Å². The van der Waals surface area contributed by atoms with Crippen LogP contribution >= 0.6 is 15.2 Å². The molecule has 4 atom stereocenters. The molecule has 0 saturated carbocycles. The molecule has 0 aromatic carbocycles. The Morgan fingerprint density at radius 3 is 2.52 bits per heavy atom. The lowest BCUT2D eigenvalue weighted by Crippen LogP contribution is -2.37. The van der Waals surface area contributed by atoms with Crippen LogP contribution in [0, 0.1) is 6.92 Å². The van der Waals surface area contributed by atoms with Crippen molar-refractivity contribution >= 4 is 15.2 Å². The third-order valence-corrected chi connectivity index (χ3v) is 6.39. The monoisotopic (exact) mass is 424 g/mol. The van der Waals surface area contributed by atoms with Gasteiger partial charge < -0.3 is 23.9 Å². The molecule has 0 aliphatic carbocycles. The number of aryl methyl sites for hydroxylation is 1. The van der Waals surface area contributed by atoms with E-state index in [4.69, 9.17) is 19.0 Å². The van der Waals surface area contributed by atoms with Gasteiger partial charge in [-0.15, -0.1) is 0 Å². The lowest BCUT2D eigenvalue weighted by molar-refractivity contribution is -0.0232. The highest BCUT2D eigenvalue weighted by Crippen LogP contribution is 2.51. The molecule has 1 aromatic heterocycles. The summed E-state index contributed by atoms with van der Waals surface area (Å²) in [6, 6.07) is 0. The Bertz CT molecular complexity index is 929. The van der Waals surface area contributed by atoms with Crippen LogP contribution in [-0.2, 0) is 18.4 Å². The van der Waals surface area contributed by atoms with E-state index in [1.54, 1.807) is 0 Å². The van der Waals surface area contributed by atoms with Crippen LogP contribution in [0.5, 0.6) is 0 Å². The molecule has 0 bridgehead atoms. The Morgan fingerprint density at radius 2 is 1.96 bits per heavy atom. The minimum atomic E-state index is -4.43. The zero-order valence-corrected chi connectivity index (χ0v) is 16.7. The molecule has 1 aromatic rings. The first-order valence-electron chi connectivity index (χ1n) is 8.03. The number of ether oxygens (including phenoxy) is 1. The second-order valence-corrected chi connectivity index (χ2v) is 10.4. The minimum absolute atomic E-state index is 0.0248. The largest absolute Gasteiger partial charge is 0.348 e. The SMILES string of the molecule is Cc1cn([C@@H]2O[C@H](/C=C/P(=O)(O)O)C[C@H]2OP(=O)(O)C(C)C)c(=O)[nH]c1=O. The normalized spacial score (nSPS) is 26.0. The molecule has 1 saturated heterocycles. The summed E-state index contributed by atoms with van der Waals surface area (Å²) in [6.45, 7) is 4.45. The van der Waals surface area contributed by atoms with Crippen LogP contribution in [0.15, 0.2) is 27.7 Å². The first kappa shape index (κ1) is 22.0. The van der Waals surface area contributed by atoms with Gasteiger partial charge in [0.2, 0.25) is 0 Å². The van der Waals surface area contributed by atoms with E-state index in [9.17, 15) is 23.6 Å². The van der Waals surface area contributed by atoms with E-state index >= 15 is 0 Å². The van der Waals surface area contributed by atoms with Crippen LogP contribution in [0.4, 0.5) is 0 Å². The molecule has 4 N–H and O–H groups in total. The number of hydrogen-bond acceptors (Lipinski definition) is 6. The fourth-order valence-electron chi connectivity index (χ4n) is 2.43. The molecule has 1 aliphatic heterocycles. The highest BCUT2D eigenvalue weighted by Gasteiger charge is 2.42. The van der Waals surface area contributed by atoms with Crippen LogP contribution in [0.3, 0.4) is 0 Å². The fraction of sp³-hybridized carbons (Fsp3) is 0.571. The Hall–Kier alpha value is -1.32. The van der Waals surface area contributed by atoms with Gasteiger partial charge in [-0.25, -0.2) is 4.79 Å². The van der Waals surface area contributed by atoms with Gasteiger partial charge in [0, 0.05) is 24.0 Å². The Kier molecular flexibility index (Phi) is 6.48. The smallest absolute Gasteiger partial charge is 0.348 e. The molecule has 0 radical (unpaired) electrons. The molecule has 2 rings (SSSR count). The van der Waals surface area contributed by atoms with Gasteiger partial charge >= 0.3 is 20.9 Å². The van der Waals surface area contributed by atoms with Crippen molar-refractivity contribution in [1.29, 1.82) is 0 Å². The average molecular weight is 424 g/mol. The quantitative estimate of drug-likeness (QED) is 0.483. The number of nitrogens with one attached hydrogen (secondary N) is 1. The van der Waals surface area contributed by atoms with Gasteiger partial charge in [-0.3, -0.25) is 23.5 Å². The average Bonchev–Trinajstić information content (AvgIpc) is 2.90. The molecule has 0 amide bonds. The topological polar surface area (TPSA) is 168 Å². The third-order valence-electron chi connectivity index (χ3n) is 3.95. The van der Waals surface area contributed by atoms with Gasteiger partial charge in [0.15, 0.2) is 6.23 Å². The first-order valence-corrected chi connectivity index (χ1v) is 11.4. The van der Waals surface area contributed by atoms with Crippen LogP contribution < -0.4 is 11.2 Å². The molecule has 11 nitrogen and oxygen atoms in total. The lowest BCUT2D eigenvalue weighted by atomic mass is 10.2. The summed E-state index contributed by atoms with van der Waals surface area (Å²) < 4.78 is 35.2. The number of nitrogens with zero attached hydrogens (tertiary/aromatic N) is 1. The molecule has 152 valence electrons. The number of aromatic nitrogens is 2. The highest BCUT2D eigenvalue weighted by molar-refractivity contribution is 7.55. The number of rotatable bonds is 6. The first-order chi connectivity index (χ1) is 12.3. The van der Waals surface area contributed by atoms with E-state index in [-0.39, 0.29) is 12.0 Å². The number of hydrogen-bond donors (Lipinski definition) is 4. The van der Waals surface area contributed by atoms with E-state index < -0.39 is 50.5 Å². The van der Waals surface area contributed by atoms with E-state index in [0.29, 0.717) is 5.82 Å². The molecule has 1 unspecified atom stereocenters. The maximum absolute atomic E-state index is 12.3. The molecule has 1 aliphatic rings. The van der Waals surface area contributed by atoms with Crippen molar-refractivity contribution in [1.82, 2.24) is 9.55 Å². The standard InChI is InChI=1S/C14H22N2O9P2/c1-8(2)27(22,23)25-11-6-10(4-5-26(19,20)21)24-13(11)16-7-9(3)12(17)15-14(16)18/h4-5,7-8,10-11,13H,6H2,1-3H3,(H,22,23)(H,15,17,18)(H2,19,20,21)/b5-4+/t10-,11-,13-/m1/s1. The fourth-order valence-corrected chi connectivity index (χ4v) is 3.67. The van der Waals surface area contributed by atoms with Crippen LogP contribution in [0.25, 0.3) is 0 Å². The van der Waals surface area contributed by atoms with E-state index in [0.717, 1.165) is 10.6 Å². The molecule has 13 heteroatoms. The van der Waals surface area contributed by atoms with Crippen LogP contribution in [0.1, 0.15) is 32.1 Å². The molecule has 27 heavy (non-hydrogen) atoms. The second-order valence-electron chi connectivity index (χ2n) is 6.51. The Balaban J connectivity index is 2.41. The summed E-state index contributed by atoms with van der Waals surface area (Å²) in [5, 5.41) is 0. The summed E-state index contributed by atoms with van der Waals surface area (Å²) in [5.41, 5.74) is -1.89. The van der Waals surface area contributed by atoms with Crippen LogP contribution in [0.2, 0.25) is 0 Å². The summed E-state index contributed by atoms with van der Waals surface area (Å²) in [4.78, 5) is 53.7. The van der Waals surface area contributed by atoms with Crippen molar-refractivity contribution < 1.29 is 33.1 Å². The van der Waals surface area contributed by atoms with Crippen molar-refractivity contribution in [3.8, 4) is 0 Å². The molecule has 0 spiro atoms. The van der Waals surface area contributed by atoms with Crippen molar-refractivity contribution in [2.75, 3.05) is 0 Å². The lowest BCUT2D eigenvalue weighted by Gasteiger charge is -2.24. The molecular weight excluding hydrogens is 402 g/mol. The van der Waals surface area contributed by atoms with Gasteiger partial charge in [-0.1, -0.05) is 13.8 Å². The second kappa shape index (κ2) is 7.97. The summed E-state index contributed by atoms with van der Waals surface area (Å²) in [6.07, 6.45) is -0.786. The predicted octanol–water partition coefficient (Wildman–Crippen LogP) is 0.803. The summed E-state index contributed by atoms with van der Waals surface area (Å²) in [5.74, 6) is 0.652. The zero-order valence-electron chi connectivity index (χ0n) is 14.9. The molecule has 2 heterocycles. The summed E-state index contributed by atoms with van der Waals surface area (Å²) >= 11 is 0. The summed E-state index contributed by atoms with van der Waals surface area (Å²) in [7, 11) is -8.46. The predicted molar refractivity (Wildman–Crippen MR) is 95.6 cm³/mol. The zero-order chi connectivity index (χ0) is 20.6. The van der Waals surface area contributed by atoms with E-state index in [1.807, 2.05) is 0 Å². The van der Waals surface area contributed by atoms with Gasteiger partial charge in [0.05, 0.1) is 11.8 Å². The number of H-pyrrole nitrogens is 1. The molecular formula is C14H22N2O9P2. The highest BCUT2D eigenvalue weighted by atomic mass is 31.2. The number of aromatic amines is 1. The van der Waals surface area contributed by atoms with Crippen LogP contribution in [-0.4, -0.2) is 42.1 Å². The van der Waals surface area contributed by atoms with Crippen molar-refractivity contribution in [2.24, 2.45) is 0 Å². The van der Waals surface area contributed by atoms with E-state index in [2.05, 4.69) is 4.98 Å². The van der Waals surface area contributed by atoms with Gasteiger partial charge in [-0.2, -0.15) is 0 Å². The van der Waals surface area contributed by atoms with Crippen molar-refractivity contribution in [3.05, 3.63) is 44.5 Å². The minimum Gasteiger partial charge on any atom is -0.348 e. The van der Waals surface area contributed by atoms with Crippen molar-refractivity contribution in [2.45, 2.75) is 51.3 Å². The van der Waals surface area contributed by atoms with Gasteiger partial charge in [0.1, 0.15) is 6.10 Å². The van der Waals surface area contributed by atoms with Gasteiger partial charge in [-0.05, 0) is 13.0 Å². The maximum Gasteiger partial charge on any atom is 0.348 e. The van der Waals surface area contributed by atoms with Gasteiger partial charge in [0.25, 0.3) is 5.56 Å². The Labute approximate surface area is 154 Å². The third kappa shape index (κ3) is 5.58.